The van der Waals surface area contributed by atoms with Crippen molar-refractivity contribution in [1.29, 1.82) is 0 Å². The molecule has 2 fully saturated rings. The molecule has 2 saturated heterocycles. The van der Waals surface area contributed by atoms with Crippen molar-refractivity contribution in [3.63, 3.8) is 0 Å². The van der Waals surface area contributed by atoms with Crippen LogP contribution in [0.4, 0.5) is 5.82 Å². The number of rotatable bonds is 8. The number of nitrogens with zero attached hydrogens (tertiary/aromatic N) is 6. The summed E-state index contributed by atoms with van der Waals surface area (Å²) in [6.45, 7) is 6.98. The number of methoxy groups -OCH3 is 1. The first-order valence-electron chi connectivity index (χ1n) is 13.3. The van der Waals surface area contributed by atoms with Crippen molar-refractivity contribution in [1.82, 2.24) is 30.0 Å². The van der Waals surface area contributed by atoms with Gasteiger partial charge in [-0.1, -0.05) is 6.42 Å². The summed E-state index contributed by atoms with van der Waals surface area (Å²) in [4.78, 5) is 17.6. The number of ether oxygens (including phenoxy) is 1. The van der Waals surface area contributed by atoms with E-state index in [1.807, 2.05) is 36.4 Å². The maximum Gasteiger partial charge on any atom is 0.223 e. The maximum absolute atomic E-state index is 12.8. The summed E-state index contributed by atoms with van der Waals surface area (Å²) in [6.07, 6.45) is 6.64. The van der Waals surface area contributed by atoms with Crippen LogP contribution >= 0.6 is 0 Å². The summed E-state index contributed by atoms with van der Waals surface area (Å²) in [6, 6.07) is 12.3. The van der Waals surface area contributed by atoms with Gasteiger partial charge >= 0.3 is 0 Å². The van der Waals surface area contributed by atoms with Crippen molar-refractivity contribution >= 4 is 17.4 Å². The number of hydrogen-bond acceptors (Lipinski definition) is 7. The molecular weight excluding hydrogens is 454 g/mol. The second-order valence-corrected chi connectivity index (χ2v) is 10.0. The largest absolute Gasteiger partial charge is 0.497 e. The van der Waals surface area contributed by atoms with Crippen molar-refractivity contribution in [3.8, 4) is 17.1 Å². The summed E-state index contributed by atoms with van der Waals surface area (Å²) in [5.74, 6) is 2.65. The normalized spacial score (nSPS) is 19.5. The highest BCUT2D eigenvalue weighted by atomic mass is 16.5. The van der Waals surface area contributed by atoms with Crippen molar-refractivity contribution < 1.29 is 9.53 Å². The Morgan fingerprint density at radius 3 is 2.58 bits per heavy atom. The standard InChI is InChI=1S/C27H37N7O2/c1-20-6-3-4-16-32(20)17-5-15-28-27(35)22-13-18-33(19-14-22)25-12-11-24-29-30-26(34(24)31-25)21-7-9-23(36-2)10-8-21/h7-12,20,22H,3-6,13-19H2,1-2H3,(H,28,35). The fourth-order valence-electron chi connectivity index (χ4n) is 5.37. The molecule has 9 heteroatoms. The van der Waals surface area contributed by atoms with Gasteiger partial charge in [-0.15, -0.1) is 15.3 Å². The van der Waals surface area contributed by atoms with Gasteiger partial charge < -0.3 is 19.9 Å². The molecule has 1 aromatic carbocycles. The number of piperidine rings is 2. The fraction of sp³-hybridized carbons (Fsp3) is 0.556. The molecule has 0 saturated carbocycles. The Kier molecular flexibility index (Phi) is 7.65. The van der Waals surface area contributed by atoms with Gasteiger partial charge in [0.1, 0.15) is 11.6 Å². The predicted octanol–water partition coefficient (Wildman–Crippen LogP) is 3.40. The number of nitrogens with one attached hydrogen (secondary N) is 1. The Morgan fingerprint density at radius 1 is 1.03 bits per heavy atom. The monoisotopic (exact) mass is 491 g/mol. The third-order valence-corrected chi connectivity index (χ3v) is 7.65. The van der Waals surface area contributed by atoms with Gasteiger partial charge in [0, 0.05) is 43.7 Å². The van der Waals surface area contributed by atoms with E-state index in [1.165, 1.54) is 25.8 Å². The SMILES string of the molecule is COc1ccc(-c2nnc3ccc(N4CCC(C(=O)NCCCN5CCCCC5C)CC4)nn23)cc1. The highest BCUT2D eigenvalue weighted by Gasteiger charge is 2.26. The van der Waals surface area contributed by atoms with Crippen LogP contribution in [0.15, 0.2) is 36.4 Å². The van der Waals surface area contributed by atoms with E-state index in [0.29, 0.717) is 17.5 Å². The van der Waals surface area contributed by atoms with E-state index in [0.717, 1.165) is 62.6 Å². The van der Waals surface area contributed by atoms with Crippen LogP contribution in [0.2, 0.25) is 0 Å². The predicted molar refractivity (Wildman–Crippen MR) is 140 cm³/mol. The lowest BCUT2D eigenvalue weighted by Gasteiger charge is -2.33. The molecule has 0 radical (unpaired) electrons. The topological polar surface area (TPSA) is 87.9 Å². The van der Waals surface area contributed by atoms with E-state index in [2.05, 4.69) is 32.2 Å². The number of likely N-dealkylation sites (tertiary alicyclic amines) is 1. The lowest BCUT2D eigenvalue weighted by Crippen LogP contribution is -2.42. The first-order chi connectivity index (χ1) is 17.6. The smallest absolute Gasteiger partial charge is 0.223 e. The first kappa shape index (κ1) is 24.5. The number of fused-ring (bicyclic) bond motifs is 1. The van der Waals surface area contributed by atoms with E-state index in [4.69, 9.17) is 9.84 Å². The number of benzene rings is 1. The van der Waals surface area contributed by atoms with Crippen LogP contribution in [-0.2, 0) is 4.79 Å². The van der Waals surface area contributed by atoms with E-state index < -0.39 is 0 Å². The number of aromatic nitrogens is 4. The van der Waals surface area contributed by atoms with Gasteiger partial charge in [0.05, 0.1) is 7.11 Å². The van der Waals surface area contributed by atoms with Gasteiger partial charge in [-0.05, 0) is 82.0 Å². The van der Waals surface area contributed by atoms with Crippen LogP contribution in [0.1, 0.15) is 45.4 Å². The minimum atomic E-state index is 0.0728. The van der Waals surface area contributed by atoms with Crippen LogP contribution in [0.25, 0.3) is 17.0 Å². The second-order valence-electron chi connectivity index (χ2n) is 10.0. The molecule has 192 valence electrons. The fourth-order valence-corrected chi connectivity index (χ4v) is 5.37. The number of hydrogen-bond donors (Lipinski definition) is 1. The molecule has 0 bridgehead atoms. The summed E-state index contributed by atoms with van der Waals surface area (Å²) in [7, 11) is 1.65. The maximum atomic E-state index is 12.8. The van der Waals surface area contributed by atoms with Crippen LogP contribution in [-0.4, -0.2) is 76.5 Å². The third kappa shape index (κ3) is 5.46. The van der Waals surface area contributed by atoms with Crippen molar-refractivity contribution in [2.24, 2.45) is 5.92 Å². The van der Waals surface area contributed by atoms with Gasteiger partial charge in [0.25, 0.3) is 0 Å². The Morgan fingerprint density at radius 2 is 1.83 bits per heavy atom. The summed E-state index contributed by atoms with van der Waals surface area (Å²) < 4.78 is 7.05. The van der Waals surface area contributed by atoms with Crippen LogP contribution in [0.5, 0.6) is 5.75 Å². The van der Waals surface area contributed by atoms with Gasteiger partial charge in [-0.25, -0.2) is 0 Å². The van der Waals surface area contributed by atoms with Gasteiger partial charge in [-0.2, -0.15) is 4.52 Å². The Bertz CT molecular complexity index is 1150. The molecule has 5 rings (SSSR count). The molecule has 1 unspecified atom stereocenters. The van der Waals surface area contributed by atoms with Crippen molar-refractivity contribution in [3.05, 3.63) is 36.4 Å². The molecule has 2 aliphatic rings. The van der Waals surface area contributed by atoms with E-state index >= 15 is 0 Å². The average Bonchev–Trinajstić information content (AvgIpc) is 3.35. The zero-order valence-corrected chi connectivity index (χ0v) is 21.4. The zero-order valence-electron chi connectivity index (χ0n) is 21.4. The van der Waals surface area contributed by atoms with E-state index in [-0.39, 0.29) is 11.8 Å². The van der Waals surface area contributed by atoms with Crippen LogP contribution in [0.3, 0.4) is 0 Å². The van der Waals surface area contributed by atoms with Gasteiger partial charge in [0.15, 0.2) is 11.5 Å². The molecule has 2 aromatic heterocycles. The minimum Gasteiger partial charge on any atom is -0.497 e. The molecule has 3 aromatic rings. The molecule has 36 heavy (non-hydrogen) atoms. The first-order valence-corrected chi connectivity index (χ1v) is 13.3. The Balaban J connectivity index is 1.14. The second kappa shape index (κ2) is 11.2. The minimum absolute atomic E-state index is 0.0728. The molecule has 1 N–H and O–H groups in total. The van der Waals surface area contributed by atoms with Crippen molar-refractivity contribution in [2.75, 3.05) is 44.7 Å². The number of amides is 1. The summed E-state index contributed by atoms with van der Waals surface area (Å²) >= 11 is 0. The highest BCUT2D eigenvalue weighted by molar-refractivity contribution is 5.79. The Hall–Kier alpha value is -3.20. The molecule has 1 atom stereocenters. The number of anilines is 1. The lowest BCUT2D eigenvalue weighted by atomic mass is 9.96. The quantitative estimate of drug-likeness (QED) is 0.483. The Labute approximate surface area is 212 Å². The summed E-state index contributed by atoms with van der Waals surface area (Å²) in [5.41, 5.74) is 1.64. The molecule has 1 amide bonds. The third-order valence-electron chi connectivity index (χ3n) is 7.65. The highest BCUT2D eigenvalue weighted by Crippen LogP contribution is 2.25. The van der Waals surface area contributed by atoms with Gasteiger partial charge in [-0.3, -0.25) is 4.79 Å². The molecule has 0 aliphatic carbocycles. The van der Waals surface area contributed by atoms with Crippen LogP contribution < -0.4 is 15.0 Å². The summed E-state index contributed by atoms with van der Waals surface area (Å²) in [5, 5.41) is 16.6. The molecule has 2 aliphatic heterocycles. The van der Waals surface area contributed by atoms with Crippen molar-refractivity contribution in [2.45, 2.75) is 51.5 Å². The number of carbonyl (C=O) groups is 1. The molecule has 9 nitrogen and oxygen atoms in total. The lowest BCUT2D eigenvalue weighted by molar-refractivity contribution is -0.125. The number of carbonyl (C=O) groups excluding carboxylic acids is 1. The van der Waals surface area contributed by atoms with E-state index in [9.17, 15) is 4.79 Å². The average molecular weight is 492 g/mol. The molecular formula is C27H37N7O2. The zero-order chi connectivity index (χ0) is 24.9. The molecule has 4 heterocycles. The molecule has 0 spiro atoms. The van der Waals surface area contributed by atoms with Crippen LogP contribution in [0, 0.1) is 5.92 Å². The van der Waals surface area contributed by atoms with Gasteiger partial charge in [0.2, 0.25) is 5.91 Å². The van der Waals surface area contributed by atoms with E-state index in [1.54, 1.807) is 11.6 Å².